The Kier molecular flexibility index (Phi) is 3.55. The number of imidazole rings is 1. The summed E-state index contributed by atoms with van der Waals surface area (Å²) in [6.45, 7) is 2.61. The van der Waals surface area contributed by atoms with Crippen molar-refractivity contribution in [3.05, 3.63) is 53.6 Å². The highest BCUT2D eigenvalue weighted by Crippen LogP contribution is 2.02. The van der Waals surface area contributed by atoms with Gasteiger partial charge in [-0.3, -0.25) is 4.79 Å². The fourth-order valence-corrected chi connectivity index (χ4v) is 1.52. The van der Waals surface area contributed by atoms with Crippen LogP contribution in [0.1, 0.15) is 16.8 Å². The molecule has 0 aliphatic heterocycles. The average molecular weight is 229 g/mol. The Balaban J connectivity index is 1.82. The lowest BCUT2D eigenvalue weighted by atomic mass is 10.1. The van der Waals surface area contributed by atoms with Gasteiger partial charge in [0.15, 0.2) is 0 Å². The number of carbonyl (C=O) groups is 1. The van der Waals surface area contributed by atoms with Gasteiger partial charge in [-0.25, -0.2) is 4.98 Å². The molecule has 2 N–H and O–H groups in total. The third kappa shape index (κ3) is 3.45. The van der Waals surface area contributed by atoms with Gasteiger partial charge in [0.05, 0.1) is 12.7 Å². The zero-order chi connectivity index (χ0) is 12.1. The largest absolute Gasteiger partial charge is 0.352 e. The Morgan fingerprint density at radius 3 is 2.76 bits per heavy atom. The number of rotatable bonds is 4. The van der Waals surface area contributed by atoms with Gasteiger partial charge in [-0.15, -0.1) is 0 Å². The fraction of sp³-hybridized carbons (Fsp3) is 0.231. The molecule has 2 rings (SSSR count). The maximum Gasteiger partial charge on any atom is 0.226 e. The van der Waals surface area contributed by atoms with Crippen molar-refractivity contribution in [1.29, 1.82) is 0 Å². The minimum Gasteiger partial charge on any atom is -0.352 e. The van der Waals surface area contributed by atoms with Crippen LogP contribution in [0, 0.1) is 6.92 Å². The van der Waals surface area contributed by atoms with E-state index in [9.17, 15) is 4.79 Å². The van der Waals surface area contributed by atoms with Crippen molar-refractivity contribution in [1.82, 2.24) is 15.3 Å². The highest BCUT2D eigenvalue weighted by atomic mass is 16.1. The van der Waals surface area contributed by atoms with Crippen LogP contribution in [-0.4, -0.2) is 15.9 Å². The Labute approximate surface area is 100 Å². The summed E-state index contributed by atoms with van der Waals surface area (Å²) in [6, 6.07) is 8.12. The van der Waals surface area contributed by atoms with Crippen molar-refractivity contribution in [3.8, 4) is 0 Å². The van der Waals surface area contributed by atoms with Gasteiger partial charge < -0.3 is 10.3 Å². The summed E-state index contributed by atoms with van der Waals surface area (Å²) in [5, 5.41) is 2.87. The van der Waals surface area contributed by atoms with Gasteiger partial charge in [0.25, 0.3) is 0 Å². The van der Waals surface area contributed by atoms with E-state index < -0.39 is 0 Å². The van der Waals surface area contributed by atoms with Crippen LogP contribution in [0.5, 0.6) is 0 Å². The summed E-state index contributed by atoms with van der Waals surface area (Å²) in [6.07, 6.45) is 3.57. The van der Waals surface area contributed by atoms with E-state index in [2.05, 4.69) is 15.3 Å². The van der Waals surface area contributed by atoms with E-state index in [1.165, 1.54) is 5.56 Å². The topological polar surface area (TPSA) is 57.8 Å². The number of amides is 1. The molecule has 0 aliphatic carbocycles. The number of nitrogens with one attached hydrogen (secondary N) is 2. The van der Waals surface area contributed by atoms with Crippen molar-refractivity contribution in [2.24, 2.45) is 0 Å². The molecule has 0 saturated heterocycles. The molecule has 0 spiro atoms. The van der Waals surface area contributed by atoms with E-state index in [4.69, 9.17) is 0 Å². The normalized spacial score (nSPS) is 10.2. The first-order valence-electron chi connectivity index (χ1n) is 5.53. The minimum atomic E-state index is -0.00479. The van der Waals surface area contributed by atoms with Gasteiger partial charge >= 0.3 is 0 Å². The van der Waals surface area contributed by atoms with Crippen molar-refractivity contribution >= 4 is 5.91 Å². The fourth-order valence-electron chi connectivity index (χ4n) is 1.52. The zero-order valence-corrected chi connectivity index (χ0v) is 9.73. The number of nitrogens with zero attached hydrogens (tertiary/aromatic N) is 1. The first-order valence-corrected chi connectivity index (χ1v) is 5.53. The highest BCUT2D eigenvalue weighted by Gasteiger charge is 2.03. The van der Waals surface area contributed by atoms with Crippen molar-refractivity contribution < 1.29 is 4.79 Å². The van der Waals surface area contributed by atoms with Gasteiger partial charge in [0.2, 0.25) is 5.91 Å². The molecule has 0 fully saturated rings. The molecule has 0 bridgehead atoms. The maximum absolute atomic E-state index is 11.6. The number of hydrogen-bond acceptors (Lipinski definition) is 2. The summed E-state index contributed by atoms with van der Waals surface area (Å²) in [5.74, 6) is -0.00479. The number of hydrogen-bond donors (Lipinski definition) is 2. The molecule has 4 heteroatoms. The predicted molar refractivity (Wildman–Crippen MR) is 65.3 cm³/mol. The first-order chi connectivity index (χ1) is 8.24. The monoisotopic (exact) mass is 229 g/mol. The molecule has 1 amide bonds. The van der Waals surface area contributed by atoms with Crippen LogP contribution in [0.2, 0.25) is 0 Å². The molecule has 2 aromatic rings. The Morgan fingerprint density at radius 1 is 1.35 bits per heavy atom. The van der Waals surface area contributed by atoms with Crippen molar-refractivity contribution in [2.45, 2.75) is 19.9 Å². The Morgan fingerprint density at radius 2 is 2.12 bits per heavy atom. The quantitative estimate of drug-likeness (QED) is 0.836. The third-order valence-corrected chi connectivity index (χ3v) is 2.52. The van der Waals surface area contributed by atoms with Gasteiger partial charge in [0, 0.05) is 18.4 Å². The average Bonchev–Trinajstić information content (AvgIpc) is 2.81. The maximum atomic E-state index is 11.6. The van der Waals surface area contributed by atoms with Crippen LogP contribution >= 0.6 is 0 Å². The lowest BCUT2D eigenvalue weighted by Gasteiger charge is -2.04. The van der Waals surface area contributed by atoms with E-state index in [0.29, 0.717) is 13.0 Å². The van der Waals surface area contributed by atoms with E-state index in [1.54, 1.807) is 12.5 Å². The molecule has 0 radical (unpaired) electrons. The Bertz CT molecular complexity index is 474. The molecule has 1 heterocycles. The minimum absolute atomic E-state index is 0.00479. The van der Waals surface area contributed by atoms with Crippen LogP contribution < -0.4 is 5.32 Å². The number of benzene rings is 1. The number of aromatic nitrogens is 2. The van der Waals surface area contributed by atoms with Gasteiger partial charge in [0.1, 0.15) is 0 Å². The summed E-state index contributed by atoms with van der Waals surface area (Å²) < 4.78 is 0. The Hall–Kier alpha value is -2.10. The molecule has 4 nitrogen and oxygen atoms in total. The van der Waals surface area contributed by atoms with Crippen molar-refractivity contribution in [2.75, 3.05) is 0 Å². The van der Waals surface area contributed by atoms with Crippen molar-refractivity contribution in [3.63, 3.8) is 0 Å². The molecule has 1 aromatic heterocycles. The van der Waals surface area contributed by atoms with Crippen LogP contribution in [-0.2, 0) is 17.8 Å². The smallest absolute Gasteiger partial charge is 0.226 e. The summed E-state index contributed by atoms with van der Waals surface area (Å²) >= 11 is 0. The molecule has 88 valence electrons. The van der Waals surface area contributed by atoms with Gasteiger partial charge in [-0.2, -0.15) is 0 Å². The molecule has 0 unspecified atom stereocenters. The zero-order valence-electron chi connectivity index (χ0n) is 9.73. The number of carbonyl (C=O) groups excluding carboxylic acids is 1. The summed E-state index contributed by atoms with van der Waals surface area (Å²) in [4.78, 5) is 18.4. The molecule has 1 aromatic carbocycles. The van der Waals surface area contributed by atoms with Crippen LogP contribution in [0.3, 0.4) is 0 Å². The summed E-state index contributed by atoms with van der Waals surface area (Å²) in [7, 11) is 0. The molecule has 0 aliphatic rings. The lowest BCUT2D eigenvalue weighted by Crippen LogP contribution is -2.24. The van der Waals surface area contributed by atoms with Crippen LogP contribution in [0.25, 0.3) is 0 Å². The standard InChI is InChI=1S/C13H15N3O/c1-10-2-4-11(5-3-10)7-15-13(17)6-12-8-14-9-16-12/h2-5,8-9H,6-7H2,1H3,(H,14,16)(H,15,17). The van der Waals surface area contributed by atoms with E-state index in [-0.39, 0.29) is 5.91 Å². The molecule has 0 atom stereocenters. The van der Waals surface area contributed by atoms with E-state index in [0.717, 1.165) is 11.3 Å². The van der Waals surface area contributed by atoms with Gasteiger partial charge in [-0.05, 0) is 12.5 Å². The van der Waals surface area contributed by atoms with Crippen LogP contribution in [0.15, 0.2) is 36.8 Å². The molecule has 17 heavy (non-hydrogen) atoms. The number of aromatic amines is 1. The second-order valence-electron chi connectivity index (χ2n) is 4.02. The molecular formula is C13H15N3O. The van der Waals surface area contributed by atoms with E-state index in [1.807, 2.05) is 31.2 Å². The second-order valence-corrected chi connectivity index (χ2v) is 4.02. The van der Waals surface area contributed by atoms with E-state index >= 15 is 0 Å². The van der Waals surface area contributed by atoms with Crippen LogP contribution in [0.4, 0.5) is 0 Å². The van der Waals surface area contributed by atoms with Gasteiger partial charge in [-0.1, -0.05) is 29.8 Å². The molecule has 0 saturated carbocycles. The summed E-state index contributed by atoms with van der Waals surface area (Å²) in [5.41, 5.74) is 3.15. The predicted octanol–water partition coefficient (Wildman–Crippen LogP) is 1.58. The molecular weight excluding hydrogens is 214 g/mol. The second kappa shape index (κ2) is 5.30. The number of H-pyrrole nitrogens is 1. The first kappa shape index (κ1) is 11.4. The SMILES string of the molecule is Cc1ccc(CNC(=O)Cc2cnc[nH]2)cc1. The lowest BCUT2D eigenvalue weighted by molar-refractivity contribution is -0.120. The highest BCUT2D eigenvalue weighted by molar-refractivity contribution is 5.77. The number of aryl methyl sites for hydroxylation is 1. The third-order valence-electron chi connectivity index (χ3n) is 2.52.